The van der Waals surface area contributed by atoms with Crippen LogP contribution in [0.1, 0.15) is 36.9 Å². The summed E-state index contributed by atoms with van der Waals surface area (Å²) in [6, 6.07) is 5.51. The molecule has 5 N–H and O–H groups in total. The third kappa shape index (κ3) is 2.47. The molecule has 0 aromatic heterocycles. The van der Waals surface area contributed by atoms with E-state index in [4.69, 9.17) is 16.6 Å². The van der Waals surface area contributed by atoms with Crippen molar-refractivity contribution >= 4 is 5.69 Å². The van der Waals surface area contributed by atoms with Gasteiger partial charge in [0.25, 0.3) is 0 Å². The van der Waals surface area contributed by atoms with Gasteiger partial charge in [0.2, 0.25) is 0 Å². The molecule has 1 aromatic rings. The molecule has 0 aliphatic heterocycles. The van der Waals surface area contributed by atoms with Gasteiger partial charge >= 0.3 is 0 Å². The summed E-state index contributed by atoms with van der Waals surface area (Å²) in [6.07, 6.45) is 1.97. The van der Waals surface area contributed by atoms with E-state index < -0.39 is 0 Å². The number of benzene rings is 1. The second-order valence-electron chi connectivity index (χ2n) is 3.51. The first-order valence-corrected chi connectivity index (χ1v) is 4.93. The van der Waals surface area contributed by atoms with Gasteiger partial charge in [-0.05, 0) is 29.7 Å². The Bertz CT molecular complexity index is 299. The van der Waals surface area contributed by atoms with E-state index in [1.165, 1.54) is 0 Å². The predicted molar refractivity (Wildman–Crippen MR) is 58.6 cm³/mol. The van der Waals surface area contributed by atoms with Gasteiger partial charge in [0, 0.05) is 11.7 Å². The van der Waals surface area contributed by atoms with E-state index in [1.807, 2.05) is 12.1 Å². The minimum Gasteiger partial charge on any atom is -0.399 e. The van der Waals surface area contributed by atoms with E-state index in [-0.39, 0.29) is 12.6 Å². The van der Waals surface area contributed by atoms with Crippen molar-refractivity contribution in [3.05, 3.63) is 29.3 Å². The highest BCUT2D eigenvalue weighted by Crippen LogP contribution is 2.22. The van der Waals surface area contributed by atoms with Crippen LogP contribution >= 0.6 is 0 Å². The number of aliphatic hydroxyl groups is 1. The van der Waals surface area contributed by atoms with Crippen LogP contribution in [-0.4, -0.2) is 5.11 Å². The third-order valence-electron chi connectivity index (χ3n) is 2.34. The van der Waals surface area contributed by atoms with Gasteiger partial charge in [0.1, 0.15) is 0 Å². The minimum atomic E-state index is -0.00219. The first-order chi connectivity index (χ1) is 6.69. The second kappa shape index (κ2) is 4.98. The topological polar surface area (TPSA) is 72.3 Å². The van der Waals surface area contributed by atoms with Crippen LogP contribution in [-0.2, 0) is 6.61 Å². The Hall–Kier alpha value is -1.06. The first-order valence-electron chi connectivity index (χ1n) is 4.93. The molecule has 0 aliphatic carbocycles. The van der Waals surface area contributed by atoms with Gasteiger partial charge in [0.05, 0.1) is 6.61 Å². The zero-order valence-corrected chi connectivity index (χ0v) is 8.53. The Morgan fingerprint density at radius 2 is 2.14 bits per heavy atom. The van der Waals surface area contributed by atoms with Crippen LogP contribution in [0.5, 0.6) is 0 Å². The van der Waals surface area contributed by atoms with Crippen molar-refractivity contribution in [2.75, 3.05) is 5.73 Å². The molecule has 14 heavy (non-hydrogen) atoms. The van der Waals surface area contributed by atoms with Crippen molar-refractivity contribution in [2.24, 2.45) is 5.73 Å². The maximum Gasteiger partial charge on any atom is 0.0685 e. The van der Waals surface area contributed by atoms with Gasteiger partial charge in [-0.2, -0.15) is 0 Å². The first kappa shape index (κ1) is 11.0. The molecule has 78 valence electrons. The van der Waals surface area contributed by atoms with Crippen LogP contribution in [0.4, 0.5) is 5.69 Å². The molecule has 0 fully saturated rings. The summed E-state index contributed by atoms with van der Waals surface area (Å²) in [5, 5.41) is 9.15. The van der Waals surface area contributed by atoms with Gasteiger partial charge in [-0.15, -0.1) is 0 Å². The molecule has 0 saturated carbocycles. The molecule has 0 radical (unpaired) electrons. The van der Waals surface area contributed by atoms with Crippen molar-refractivity contribution in [1.29, 1.82) is 0 Å². The summed E-state index contributed by atoms with van der Waals surface area (Å²) in [5.41, 5.74) is 14.1. The lowest BCUT2D eigenvalue weighted by molar-refractivity contribution is 0.279. The fraction of sp³-hybridized carbons (Fsp3) is 0.455. The Kier molecular flexibility index (Phi) is 3.92. The van der Waals surface area contributed by atoms with Crippen LogP contribution < -0.4 is 11.5 Å². The molecule has 1 rings (SSSR count). The van der Waals surface area contributed by atoms with Crippen molar-refractivity contribution in [2.45, 2.75) is 32.4 Å². The molecule has 3 nitrogen and oxygen atoms in total. The number of hydrogen-bond donors (Lipinski definition) is 3. The largest absolute Gasteiger partial charge is 0.399 e. The highest BCUT2D eigenvalue weighted by Gasteiger charge is 2.09. The highest BCUT2D eigenvalue weighted by atomic mass is 16.3. The number of rotatable bonds is 4. The van der Waals surface area contributed by atoms with E-state index in [1.54, 1.807) is 6.07 Å². The zero-order valence-electron chi connectivity index (χ0n) is 8.53. The number of anilines is 1. The number of nitrogens with two attached hydrogens (primary N) is 2. The molecule has 0 heterocycles. The van der Waals surface area contributed by atoms with Gasteiger partial charge < -0.3 is 16.6 Å². The Labute approximate surface area is 84.7 Å². The zero-order chi connectivity index (χ0) is 10.6. The molecule has 3 heteroatoms. The molecule has 0 unspecified atom stereocenters. The molecule has 0 bridgehead atoms. The van der Waals surface area contributed by atoms with E-state index in [9.17, 15) is 0 Å². The van der Waals surface area contributed by atoms with E-state index in [0.717, 1.165) is 24.0 Å². The lowest BCUT2D eigenvalue weighted by atomic mass is 9.97. The second-order valence-corrected chi connectivity index (χ2v) is 3.51. The maximum atomic E-state index is 9.15. The molecular weight excluding hydrogens is 176 g/mol. The third-order valence-corrected chi connectivity index (χ3v) is 2.34. The van der Waals surface area contributed by atoms with Crippen LogP contribution in [0, 0.1) is 0 Å². The van der Waals surface area contributed by atoms with Crippen LogP contribution in [0.25, 0.3) is 0 Å². The molecule has 0 saturated heterocycles. The number of aliphatic hydroxyl groups excluding tert-OH is 1. The van der Waals surface area contributed by atoms with E-state index in [2.05, 4.69) is 6.92 Å². The quantitative estimate of drug-likeness (QED) is 0.637. The van der Waals surface area contributed by atoms with Crippen LogP contribution in [0.15, 0.2) is 18.2 Å². The minimum absolute atomic E-state index is 0.00219. The standard InChI is InChI=1S/C11H18N2O/c1-2-3-11(13)10-5-4-9(12)6-8(10)7-14/h4-6,11,14H,2-3,7,12-13H2,1H3/t11-/m1/s1. The molecular formula is C11H18N2O. The predicted octanol–water partition coefficient (Wildman–Crippen LogP) is 1.56. The summed E-state index contributed by atoms with van der Waals surface area (Å²) in [6.45, 7) is 2.09. The summed E-state index contributed by atoms with van der Waals surface area (Å²) in [4.78, 5) is 0. The van der Waals surface area contributed by atoms with Crippen molar-refractivity contribution in [3.8, 4) is 0 Å². The normalized spacial score (nSPS) is 12.8. The Morgan fingerprint density at radius 3 is 2.71 bits per heavy atom. The van der Waals surface area contributed by atoms with Gasteiger partial charge in [-0.3, -0.25) is 0 Å². The SMILES string of the molecule is CCC[C@@H](N)c1ccc(N)cc1CO. The Balaban J connectivity index is 2.95. The van der Waals surface area contributed by atoms with Gasteiger partial charge in [-0.25, -0.2) is 0 Å². The molecule has 1 atom stereocenters. The average Bonchev–Trinajstić information content (AvgIpc) is 2.17. The fourth-order valence-corrected chi connectivity index (χ4v) is 1.59. The van der Waals surface area contributed by atoms with Crippen LogP contribution in [0.2, 0.25) is 0 Å². The molecule has 0 aliphatic rings. The smallest absolute Gasteiger partial charge is 0.0685 e. The number of hydrogen-bond acceptors (Lipinski definition) is 3. The Morgan fingerprint density at radius 1 is 1.43 bits per heavy atom. The lowest BCUT2D eigenvalue weighted by Crippen LogP contribution is -2.12. The van der Waals surface area contributed by atoms with E-state index >= 15 is 0 Å². The summed E-state index contributed by atoms with van der Waals surface area (Å²) >= 11 is 0. The van der Waals surface area contributed by atoms with Crippen molar-refractivity contribution in [3.63, 3.8) is 0 Å². The summed E-state index contributed by atoms with van der Waals surface area (Å²) in [5.74, 6) is 0. The van der Waals surface area contributed by atoms with Crippen LogP contribution in [0.3, 0.4) is 0 Å². The molecule has 0 amide bonds. The van der Waals surface area contributed by atoms with Crippen molar-refractivity contribution < 1.29 is 5.11 Å². The summed E-state index contributed by atoms with van der Waals surface area (Å²) < 4.78 is 0. The monoisotopic (exact) mass is 194 g/mol. The van der Waals surface area contributed by atoms with Gasteiger partial charge in [-0.1, -0.05) is 19.4 Å². The average molecular weight is 194 g/mol. The van der Waals surface area contributed by atoms with E-state index in [0.29, 0.717) is 5.69 Å². The fourth-order valence-electron chi connectivity index (χ4n) is 1.59. The van der Waals surface area contributed by atoms with Crippen molar-refractivity contribution in [1.82, 2.24) is 0 Å². The maximum absolute atomic E-state index is 9.15. The number of nitrogen functional groups attached to an aromatic ring is 1. The molecule has 0 spiro atoms. The lowest BCUT2D eigenvalue weighted by Gasteiger charge is -2.15. The summed E-state index contributed by atoms with van der Waals surface area (Å²) in [7, 11) is 0. The van der Waals surface area contributed by atoms with Gasteiger partial charge in [0.15, 0.2) is 0 Å². The highest BCUT2D eigenvalue weighted by molar-refractivity contribution is 5.45. The molecule has 1 aromatic carbocycles.